The summed E-state index contributed by atoms with van der Waals surface area (Å²) >= 11 is 0. The van der Waals surface area contributed by atoms with Crippen LogP contribution >= 0.6 is 0 Å². The monoisotopic (exact) mass is 522 g/mol. The Balaban J connectivity index is 1.77. The number of benzene rings is 3. The van der Waals surface area contributed by atoms with Crippen molar-refractivity contribution in [2.45, 2.75) is 53.0 Å². The maximum Gasteiger partial charge on any atom is 0.300 e. The first-order chi connectivity index (χ1) is 18.8. The molecule has 5 rings (SSSR count). The minimum absolute atomic E-state index is 0.0753. The molecular weight excluding hydrogens is 488 g/mol. The van der Waals surface area contributed by atoms with Crippen molar-refractivity contribution in [1.29, 1.82) is 0 Å². The summed E-state index contributed by atoms with van der Waals surface area (Å²) in [5, 5.41) is 12.6. The van der Waals surface area contributed by atoms with Crippen LogP contribution < -0.4 is 9.64 Å². The minimum Gasteiger partial charge on any atom is -0.507 e. The second-order valence-electron chi connectivity index (χ2n) is 10.2. The van der Waals surface area contributed by atoms with Gasteiger partial charge in [-0.2, -0.15) is 0 Å². The van der Waals surface area contributed by atoms with E-state index in [0.717, 1.165) is 45.5 Å². The molecule has 1 aliphatic heterocycles. The Morgan fingerprint density at radius 1 is 1.03 bits per heavy atom. The molecular formula is C33H34N2O4. The van der Waals surface area contributed by atoms with Crippen LogP contribution in [0.5, 0.6) is 5.75 Å². The van der Waals surface area contributed by atoms with E-state index in [0.29, 0.717) is 17.9 Å². The summed E-state index contributed by atoms with van der Waals surface area (Å²) in [6.07, 6.45) is 0.861. The Labute approximate surface area is 228 Å². The van der Waals surface area contributed by atoms with Gasteiger partial charge in [0.2, 0.25) is 0 Å². The van der Waals surface area contributed by atoms with Crippen LogP contribution in [0.1, 0.15) is 67.6 Å². The summed E-state index contributed by atoms with van der Waals surface area (Å²) in [5.41, 5.74) is 5.74. The van der Waals surface area contributed by atoms with Crippen LogP contribution in [0.2, 0.25) is 0 Å². The number of aliphatic hydroxyl groups excluding tert-OH is 1. The van der Waals surface area contributed by atoms with Crippen LogP contribution in [0.3, 0.4) is 0 Å². The zero-order chi connectivity index (χ0) is 27.8. The largest absolute Gasteiger partial charge is 0.507 e. The number of para-hydroxylation sites is 1. The van der Waals surface area contributed by atoms with Gasteiger partial charge in [0.05, 0.1) is 18.2 Å². The van der Waals surface area contributed by atoms with Crippen molar-refractivity contribution in [3.05, 3.63) is 100 Å². The van der Waals surface area contributed by atoms with E-state index in [2.05, 4.69) is 25.8 Å². The summed E-state index contributed by atoms with van der Waals surface area (Å²) in [6, 6.07) is 20.1. The number of aromatic nitrogens is 1. The Hall–Kier alpha value is -4.32. The third-order valence-corrected chi connectivity index (χ3v) is 7.49. The topological polar surface area (TPSA) is 82.6 Å². The van der Waals surface area contributed by atoms with Crippen LogP contribution in [-0.4, -0.2) is 28.4 Å². The molecule has 6 heteroatoms. The first-order valence-corrected chi connectivity index (χ1v) is 13.5. The molecule has 0 bridgehead atoms. The molecule has 0 radical (unpaired) electrons. The zero-order valence-electron chi connectivity index (χ0n) is 23.0. The van der Waals surface area contributed by atoms with Gasteiger partial charge in [-0.3, -0.25) is 14.5 Å². The highest BCUT2D eigenvalue weighted by atomic mass is 16.5. The number of carbonyl (C=O) groups is 2. The van der Waals surface area contributed by atoms with Gasteiger partial charge in [0, 0.05) is 33.4 Å². The van der Waals surface area contributed by atoms with E-state index in [9.17, 15) is 14.7 Å². The molecule has 1 atom stereocenters. The van der Waals surface area contributed by atoms with Crippen LogP contribution in [0.25, 0.3) is 16.7 Å². The fraction of sp³-hybridized carbons (Fsp3) is 0.273. The second kappa shape index (κ2) is 10.4. The number of hydrogen-bond donors (Lipinski definition) is 2. The molecule has 3 aromatic carbocycles. The molecule has 1 amide bonds. The number of carbonyl (C=O) groups excluding carboxylic acids is 2. The summed E-state index contributed by atoms with van der Waals surface area (Å²) in [4.78, 5) is 32.3. The summed E-state index contributed by atoms with van der Waals surface area (Å²) in [7, 11) is 0. The fourth-order valence-electron chi connectivity index (χ4n) is 5.50. The number of nitrogens with one attached hydrogen (secondary N) is 1. The number of Topliss-reactive ketones (excluding diaryl/α,β-unsaturated/α-hetero) is 1. The number of nitrogens with zero attached hydrogens (tertiary/aromatic N) is 1. The van der Waals surface area contributed by atoms with Crippen molar-refractivity contribution in [2.24, 2.45) is 0 Å². The fourth-order valence-corrected chi connectivity index (χ4v) is 5.50. The number of aliphatic hydroxyl groups is 1. The number of fused-ring (bicyclic) bond motifs is 1. The van der Waals surface area contributed by atoms with Gasteiger partial charge in [0.15, 0.2) is 0 Å². The second-order valence-corrected chi connectivity index (χ2v) is 10.2. The van der Waals surface area contributed by atoms with Crippen molar-refractivity contribution < 1.29 is 19.4 Å². The maximum atomic E-state index is 13.7. The van der Waals surface area contributed by atoms with Crippen molar-refractivity contribution in [3.63, 3.8) is 0 Å². The molecule has 0 spiro atoms. The van der Waals surface area contributed by atoms with E-state index in [1.807, 2.05) is 74.5 Å². The number of ether oxygens (including phenoxy) is 1. The number of hydrogen-bond acceptors (Lipinski definition) is 4. The van der Waals surface area contributed by atoms with E-state index in [4.69, 9.17) is 4.74 Å². The number of rotatable bonds is 7. The van der Waals surface area contributed by atoms with E-state index < -0.39 is 17.7 Å². The maximum absolute atomic E-state index is 13.7. The molecule has 6 nitrogen and oxygen atoms in total. The first-order valence-electron chi connectivity index (χ1n) is 13.5. The summed E-state index contributed by atoms with van der Waals surface area (Å²) < 4.78 is 5.80. The van der Waals surface area contributed by atoms with Crippen LogP contribution in [0, 0.1) is 6.92 Å². The average molecular weight is 523 g/mol. The summed E-state index contributed by atoms with van der Waals surface area (Å²) in [6.45, 7) is 10.6. The molecule has 4 aromatic rings. The smallest absolute Gasteiger partial charge is 0.300 e. The predicted octanol–water partition coefficient (Wildman–Crippen LogP) is 7.19. The number of amides is 1. The molecule has 39 heavy (non-hydrogen) atoms. The Morgan fingerprint density at radius 2 is 1.74 bits per heavy atom. The van der Waals surface area contributed by atoms with E-state index in [1.165, 1.54) is 4.90 Å². The van der Waals surface area contributed by atoms with E-state index in [-0.39, 0.29) is 17.3 Å². The Bertz CT molecular complexity index is 1590. The SMILES string of the molecule is CCOc1ccc(/C(O)=C2\C(=O)C(=O)N(c3ccc(CC)cc3)C2c2c(C)[nH]c3ccccc23)cc1C(C)C. The molecule has 2 N–H and O–H groups in total. The lowest BCUT2D eigenvalue weighted by molar-refractivity contribution is -0.132. The average Bonchev–Trinajstić information content (AvgIpc) is 3.40. The predicted molar refractivity (Wildman–Crippen MR) is 155 cm³/mol. The molecule has 200 valence electrons. The third-order valence-electron chi connectivity index (χ3n) is 7.49. The van der Waals surface area contributed by atoms with E-state index >= 15 is 0 Å². The minimum atomic E-state index is -0.803. The number of aromatic amines is 1. The molecule has 1 saturated heterocycles. The van der Waals surface area contributed by atoms with Gasteiger partial charge < -0.3 is 14.8 Å². The van der Waals surface area contributed by atoms with Crippen LogP contribution in [0.4, 0.5) is 5.69 Å². The summed E-state index contributed by atoms with van der Waals surface area (Å²) in [5.74, 6) is -0.692. The van der Waals surface area contributed by atoms with Crippen molar-refractivity contribution >= 4 is 34.0 Å². The molecule has 0 saturated carbocycles. The number of H-pyrrole nitrogens is 1. The normalized spacial score (nSPS) is 17.0. The Kier molecular flexibility index (Phi) is 7.04. The first kappa shape index (κ1) is 26.3. The molecule has 1 fully saturated rings. The third kappa shape index (κ3) is 4.50. The molecule has 1 aliphatic rings. The van der Waals surface area contributed by atoms with Gasteiger partial charge in [-0.05, 0) is 73.7 Å². The van der Waals surface area contributed by atoms with Gasteiger partial charge in [0.1, 0.15) is 11.5 Å². The standard InChI is InChI=1S/C33H34N2O4/c1-6-21-12-15-23(16-13-21)35-30(28-20(5)34-26-11-9-8-10-24(26)28)29(32(37)33(35)38)31(36)22-14-17-27(39-7-2)25(18-22)19(3)4/h8-19,30,34,36H,6-7H2,1-5H3/b31-29+. The zero-order valence-corrected chi connectivity index (χ0v) is 23.0. The highest BCUT2D eigenvalue weighted by molar-refractivity contribution is 6.52. The van der Waals surface area contributed by atoms with Gasteiger partial charge >= 0.3 is 0 Å². The lowest BCUT2D eigenvalue weighted by Gasteiger charge is -2.26. The molecule has 0 aliphatic carbocycles. The number of ketones is 1. The van der Waals surface area contributed by atoms with Crippen LogP contribution in [-0.2, 0) is 16.0 Å². The Morgan fingerprint density at radius 3 is 2.41 bits per heavy atom. The lowest BCUT2D eigenvalue weighted by atomic mass is 9.91. The van der Waals surface area contributed by atoms with Gasteiger partial charge in [0.25, 0.3) is 11.7 Å². The van der Waals surface area contributed by atoms with Crippen LogP contribution in [0.15, 0.2) is 72.3 Å². The van der Waals surface area contributed by atoms with Gasteiger partial charge in [-0.1, -0.05) is 51.1 Å². The van der Waals surface area contributed by atoms with Crippen molar-refractivity contribution in [2.75, 3.05) is 11.5 Å². The molecule has 1 unspecified atom stereocenters. The van der Waals surface area contributed by atoms with Gasteiger partial charge in [-0.15, -0.1) is 0 Å². The lowest BCUT2D eigenvalue weighted by Crippen LogP contribution is -2.29. The highest BCUT2D eigenvalue weighted by Crippen LogP contribution is 2.46. The quantitative estimate of drug-likeness (QED) is 0.153. The van der Waals surface area contributed by atoms with Crippen molar-refractivity contribution in [1.82, 2.24) is 4.98 Å². The number of anilines is 1. The van der Waals surface area contributed by atoms with Gasteiger partial charge in [-0.25, -0.2) is 0 Å². The molecule has 2 heterocycles. The van der Waals surface area contributed by atoms with Crippen molar-refractivity contribution in [3.8, 4) is 5.75 Å². The van der Waals surface area contributed by atoms with E-state index in [1.54, 1.807) is 6.07 Å². The number of aryl methyl sites for hydroxylation is 2. The highest BCUT2D eigenvalue weighted by Gasteiger charge is 2.48. The molecule has 1 aromatic heterocycles.